The summed E-state index contributed by atoms with van der Waals surface area (Å²) in [6.07, 6.45) is 3.14. The summed E-state index contributed by atoms with van der Waals surface area (Å²) in [6.45, 7) is 3.84. The second kappa shape index (κ2) is 7.63. The zero-order valence-electron chi connectivity index (χ0n) is 14.6. The Balaban J connectivity index is 2.19. The molecule has 27 heavy (non-hydrogen) atoms. The molecule has 2 N–H and O–H groups in total. The predicted molar refractivity (Wildman–Crippen MR) is 102 cm³/mol. The number of aromatic nitrogens is 4. The number of nitrogens with one attached hydrogen (secondary N) is 1. The quantitative estimate of drug-likeness (QED) is 0.480. The fourth-order valence-electron chi connectivity index (χ4n) is 2.91. The van der Waals surface area contributed by atoms with Gasteiger partial charge in [0.1, 0.15) is 5.56 Å². The average Bonchev–Trinajstić information content (AvgIpc) is 3.22. The van der Waals surface area contributed by atoms with E-state index in [-0.39, 0.29) is 21.9 Å². The molecule has 0 spiro atoms. The predicted octanol–water partition coefficient (Wildman–Crippen LogP) is 2.30. The molecule has 0 aliphatic rings. The molecule has 8 nitrogen and oxygen atoms in total. The van der Waals surface area contributed by atoms with Crippen molar-refractivity contribution in [3.8, 4) is 5.69 Å². The molecule has 0 aliphatic carbocycles. The lowest BCUT2D eigenvalue weighted by Crippen LogP contribution is -2.22. The van der Waals surface area contributed by atoms with Gasteiger partial charge in [0, 0.05) is 30.2 Å². The van der Waals surface area contributed by atoms with Crippen LogP contribution in [-0.2, 0) is 23.4 Å². The number of nitrogens with zero attached hydrogens (tertiary/aromatic N) is 3. The van der Waals surface area contributed by atoms with Gasteiger partial charge in [0.15, 0.2) is 11.1 Å². The molecule has 1 atom stereocenters. The molecule has 3 rings (SSSR count). The van der Waals surface area contributed by atoms with Gasteiger partial charge in [-0.3, -0.25) is 19.4 Å². The molecule has 1 aromatic carbocycles. The van der Waals surface area contributed by atoms with Gasteiger partial charge >= 0.3 is 0 Å². The van der Waals surface area contributed by atoms with E-state index in [9.17, 15) is 18.4 Å². The normalized spacial score (nSPS) is 12.3. The van der Waals surface area contributed by atoms with E-state index in [1.807, 2.05) is 0 Å². The first-order valence-corrected chi connectivity index (χ1v) is 9.73. The summed E-state index contributed by atoms with van der Waals surface area (Å²) in [4.78, 5) is 25.5. The molecule has 3 aromatic rings. The molecule has 10 heteroatoms. The number of carbonyl (C=O) groups is 1. The minimum Gasteiger partial charge on any atom is -0.306 e. The van der Waals surface area contributed by atoms with Gasteiger partial charge in [-0.15, -0.1) is 0 Å². The summed E-state index contributed by atoms with van der Waals surface area (Å²) < 4.78 is 23.3. The van der Waals surface area contributed by atoms with Crippen LogP contribution in [0, 0.1) is 6.92 Å². The van der Waals surface area contributed by atoms with Crippen LogP contribution in [0.2, 0.25) is 5.02 Å². The second-order valence-corrected chi connectivity index (χ2v) is 7.15. The highest BCUT2D eigenvalue weighted by Gasteiger charge is 2.25. The number of ketones is 1. The highest BCUT2D eigenvalue weighted by atomic mass is 35.5. The number of aryl methyl sites for hydroxylation is 2. The Morgan fingerprint density at radius 2 is 2.15 bits per heavy atom. The van der Waals surface area contributed by atoms with Crippen molar-refractivity contribution in [2.45, 2.75) is 26.1 Å². The molecule has 0 fully saturated rings. The zero-order valence-corrected chi connectivity index (χ0v) is 16.2. The molecular formula is C17H17ClN4O4S. The molecule has 2 heterocycles. The molecular weight excluding hydrogens is 392 g/mol. The van der Waals surface area contributed by atoms with Crippen LogP contribution in [0.15, 0.2) is 35.4 Å². The van der Waals surface area contributed by atoms with Crippen molar-refractivity contribution in [1.82, 2.24) is 19.6 Å². The summed E-state index contributed by atoms with van der Waals surface area (Å²) in [7, 11) is 0. The van der Waals surface area contributed by atoms with E-state index < -0.39 is 22.4 Å². The number of halogens is 1. The maximum Gasteiger partial charge on any atom is 0.278 e. The van der Waals surface area contributed by atoms with E-state index in [0.717, 1.165) is 0 Å². The topological polar surface area (TPSA) is 110 Å². The van der Waals surface area contributed by atoms with Gasteiger partial charge in [-0.1, -0.05) is 17.7 Å². The van der Waals surface area contributed by atoms with Crippen LogP contribution in [0.1, 0.15) is 34.1 Å². The molecule has 2 aromatic heterocycles. The van der Waals surface area contributed by atoms with Gasteiger partial charge in [-0.05, 0) is 31.5 Å². The van der Waals surface area contributed by atoms with Gasteiger partial charge < -0.3 is 4.55 Å². The number of carbonyl (C=O) groups excluding carboxylic acids is 1. The molecule has 142 valence electrons. The van der Waals surface area contributed by atoms with Crippen LogP contribution in [-0.4, -0.2) is 34.1 Å². The second-order valence-electron chi connectivity index (χ2n) is 5.84. The van der Waals surface area contributed by atoms with Gasteiger partial charge in [-0.2, -0.15) is 5.10 Å². The number of benzene rings is 1. The molecule has 0 bridgehead atoms. The first-order valence-electron chi connectivity index (χ1n) is 8.08. The minimum absolute atomic E-state index is 0.0173. The van der Waals surface area contributed by atoms with Crippen molar-refractivity contribution in [3.63, 3.8) is 0 Å². The van der Waals surface area contributed by atoms with E-state index in [1.54, 1.807) is 32.2 Å². The lowest BCUT2D eigenvalue weighted by atomic mass is 10.0. The van der Waals surface area contributed by atoms with Crippen molar-refractivity contribution in [2.75, 3.05) is 0 Å². The standard InChI is InChI=1S/C17H17ClN4O4S/c1-3-21-17(24)13(10(2)20-21)16(23)12-6-5-11(9-27(25)26)15(14(12)18)22-8-4-7-19-22/h4-8,20H,3,9H2,1-2H3,(H,25,26). The molecule has 0 saturated heterocycles. The first kappa shape index (κ1) is 19.3. The third-order valence-corrected chi connectivity index (χ3v) is 5.08. The van der Waals surface area contributed by atoms with Gasteiger partial charge in [-0.25, -0.2) is 8.89 Å². The summed E-state index contributed by atoms with van der Waals surface area (Å²) in [5.74, 6) is -0.689. The Bertz CT molecular complexity index is 1090. The summed E-state index contributed by atoms with van der Waals surface area (Å²) in [5.41, 5.74) is 0.957. The Morgan fingerprint density at radius 3 is 2.70 bits per heavy atom. The third kappa shape index (κ3) is 3.53. The Labute approximate surface area is 162 Å². The maximum absolute atomic E-state index is 13.0. The van der Waals surface area contributed by atoms with Crippen LogP contribution >= 0.6 is 11.6 Å². The maximum atomic E-state index is 13.0. The highest BCUT2D eigenvalue weighted by Crippen LogP contribution is 2.30. The van der Waals surface area contributed by atoms with Crippen molar-refractivity contribution >= 4 is 28.5 Å². The van der Waals surface area contributed by atoms with Crippen molar-refractivity contribution in [2.24, 2.45) is 0 Å². The van der Waals surface area contributed by atoms with Crippen LogP contribution < -0.4 is 5.56 Å². The summed E-state index contributed by atoms with van der Waals surface area (Å²) in [5, 5.41) is 7.04. The van der Waals surface area contributed by atoms with Crippen molar-refractivity contribution in [3.05, 3.63) is 68.4 Å². The van der Waals surface area contributed by atoms with Crippen molar-refractivity contribution < 1.29 is 13.6 Å². The monoisotopic (exact) mass is 408 g/mol. The molecule has 0 radical (unpaired) electrons. The molecule has 0 amide bonds. The largest absolute Gasteiger partial charge is 0.306 e. The van der Waals surface area contributed by atoms with E-state index in [0.29, 0.717) is 23.5 Å². The minimum atomic E-state index is -2.10. The smallest absolute Gasteiger partial charge is 0.278 e. The number of H-pyrrole nitrogens is 1. The van der Waals surface area contributed by atoms with Crippen LogP contribution in [0.3, 0.4) is 0 Å². The Kier molecular flexibility index (Phi) is 5.45. The van der Waals surface area contributed by atoms with Gasteiger partial charge in [0.2, 0.25) is 5.78 Å². The SMILES string of the molecule is CCn1[nH]c(C)c(C(=O)c2ccc(CS(=O)O)c(-n3cccn3)c2Cl)c1=O. The summed E-state index contributed by atoms with van der Waals surface area (Å²) >= 11 is 4.40. The average molecular weight is 409 g/mol. The molecule has 0 aliphatic heterocycles. The first-order chi connectivity index (χ1) is 12.8. The lowest BCUT2D eigenvalue weighted by Gasteiger charge is -2.13. The molecule has 1 unspecified atom stereocenters. The van der Waals surface area contributed by atoms with E-state index in [4.69, 9.17) is 11.6 Å². The molecule has 0 saturated carbocycles. The van der Waals surface area contributed by atoms with Gasteiger partial charge in [0.25, 0.3) is 5.56 Å². The Morgan fingerprint density at radius 1 is 1.41 bits per heavy atom. The van der Waals surface area contributed by atoms with E-state index in [1.165, 1.54) is 21.6 Å². The number of hydrogen-bond acceptors (Lipinski definition) is 4. The van der Waals surface area contributed by atoms with Crippen LogP contribution in [0.25, 0.3) is 5.69 Å². The fourth-order valence-corrected chi connectivity index (χ4v) is 3.76. The van der Waals surface area contributed by atoms with Crippen LogP contribution in [0.4, 0.5) is 0 Å². The number of aromatic amines is 1. The fraction of sp³-hybridized carbons (Fsp3) is 0.235. The van der Waals surface area contributed by atoms with Crippen molar-refractivity contribution in [1.29, 1.82) is 0 Å². The Hall–Kier alpha value is -2.49. The zero-order chi connectivity index (χ0) is 19.7. The van der Waals surface area contributed by atoms with E-state index >= 15 is 0 Å². The number of hydrogen-bond donors (Lipinski definition) is 2. The third-order valence-electron chi connectivity index (χ3n) is 4.14. The van der Waals surface area contributed by atoms with Gasteiger partial charge in [0.05, 0.1) is 16.5 Å². The number of rotatable bonds is 6. The van der Waals surface area contributed by atoms with E-state index in [2.05, 4.69) is 10.2 Å². The lowest BCUT2D eigenvalue weighted by molar-refractivity contribution is 0.103. The van der Waals surface area contributed by atoms with Crippen LogP contribution in [0.5, 0.6) is 0 Å². The summed E-state index contributed by atoms with van der Waals surface area (Å²) in [6, 6.07) is 4.67. The highest BCUT2D eigenvalue weighted by molar-refractivity contribution is 7.78.